The topological polar surface area (TPSA) is 99.4 Å². The van der Waals surface area contributed by atoms with Gasteiger partial charge in [-0.1, -0.05) is 15.9 Å². The fourth-order valence-electron chi connectivity index (χ4n) is 4.24. The SMILES string of the molecule is Nc1cc(F)c(CCN2C(=O)COC2c2cn(-c3ccc(Br)cc3)nc2-c2ccc(F)cc2)c(F)c1N. The highest BCUT2D eigenvalue weighted by molar-refractivity contribution is 9.10. The maximum atomic E-state index is 14.6. The van der Waals surface area contributed by atoms with Crippen LogP contribution in [0.2, 0.25) is 0 Å². The first-order chi connectivity index (χ1) is 17.7. The summed E-state index contributed by atoms with van der Waals surface area (Å²) in [5.41, 5.74) is 12.7. The Morgan fingerprint density at radius 3 is 2.46 bits per heavy atom. The molecule has 1 aliphatic rings. The molecule has 0 bridgehead atoms. The Morgan fingerprint density at radius 2 is 1.76 bits per heavy atom. The van der Waals surface area contributed by atoms with Crippen LogP contribution in [-0.2, 0) is 16.0 Å². The van der Waals surface area contributed by atoms with Gasteiger partial charge in [-0.25, -0.2) is 17.9 Å². The maximum absolute atomic E-state index is 14.6. The lowest BCUT2D eigenvalue weighted by Gasteiger charge is -2.23. The molecule has 11 heteroatoms. The third-order valence-corrected chi connectivity index (χ3v) is 6.70. The third kappa shape index (κ3) is 4.79. The molecular formula is C26H21BrF3N5O2. The van der Waals surface area contributed by atoms with Gasteiger partial charge >= 0.3 is 0 Å². The van der Waals surface area contributed by atoms with E-state index in [0.717, 1.165) is 16.2 Å². The second kappa shape index (κ2) is 9.91. The van der Waals surface area contributed by atoms with Crippen molar-refractivity contribution in [3.63, 3.8) is 0 Å². The van der Waals surface area contributed by atoms with Crippen molar-refractivity contribution >= 4 is 33.2 Å². The molecule has 7 nitrogen and oxygen atoms in total. The summed E-state index contributed by atoms with van der Waals surface area (Å²) in [7, 11) is 0. The van der Waals surface area contributed by atoms with Crippen LogP contribution in [0, 0.1) is 17.5 Å². The Balaban J connectivity index is 1.52. The number of carbonyl (C=O) groups excluding carboxylic acids is 1. The number of nitrogens with two attached hydrogens (primary N) is 2. The van der Waals surface area contributed by atoms with E-state index in [1.165, 1.54) is 17.0 Å². The first-order valence-corrected chi connectivity index (χ1v) is 12.1. The zero-order valence-electron chi connectivity index (χ0n) is 19.3. The zero-order chi connectivity index (χ0) is 26.3. The van der Waals surface area contributed by atoms with Crippen molar-refractivity contribution in [3.8, 4) is 16.9 Å². The predicted octanol–water partition coefficient (Wildman–Crippen LogP) is 4.98. The minimum atomic E-state index is -0.948. The van der Waals surface area contributed by atoms with E-state index in [4.69, 9.17) is 21.3 Å². The summed E-state index contributed by atoms with van der Waals surface area (Å²) in [5, 5.41) is 4.69. The number of rotatable bonds is 6. The highest BCUT2D eigenvalue weighted by Gasteiger charge is 2.36. The van der Waals surface area contributed by atoms with Crippen molar-refractivity contribution in [3.05, 3.63) is 93.8 Å². The Labute approximate surface area is 218 Å². The number of ether oxygens (including phenoxy) is 1. The molecule has 0 radical (unpaired) electrons. The number of aromatic nitrogens is 2. The molecule has 2 heterocycles. The second-order valence-corrected chi connectivity index (χ2v) is 9.43. The van der Waals surface area contributed by atoms with Crippen molar-refractivity contribution in [1.82, 2.24) is 14.7 Å². The quantitative estimate of drug-likeness (QED) is 0.318. The van der Waals surface area contributed by atoms with Gasteiger partial charge in [-0.2, -0.15) is 5.10 Å². The van der Waals surface area contributed by atoms with Gasteiger partial charge in [0, 0.05) is 33.9 Å². The smallest absolute Gasteiger partial charge is 0.250 e. The summed E-state index contributed by atoms with van der Waals surface area (Å²) in [6, 6.07) is 14.2. The fourth-order valence-corrected chi connectivity index (χ4v) is 4.50. The van der Waals surface area contributed by atoms with Crippen molar-refractivity contribution in [2.75, 3.05) is 24.6 Å². The standard InChI is InChI=1S/C26H21BrF3N5O2/c27-15-3-7-17(8-4-15)35-12-19(25(33-35)14-1-5-16(28)6-2-14)26-34(22(36)13-37-26)10-9-18-20(29)11-21(31)24(32)23(18)30/h1-8,11-12,26H,9-10,13,31-32H2. The summed E-state index contributed by atoms with van der Waals surface area (Å²) in [6.45, 7) is -0.265. The van der Waals surface area contributed by atoms with Crippen molar-refractivity contribution < 1.29 is 22.7 Å². The van der Waals surface area contributed by atoms with Gasteiger partial charge in [-0.3, -0.25) is 4.79 Å². The minimum absolute atomic E-state index is 0.0486. The molecule has 1 saturated heterocycles. The van der Waals surface area contributed by atoms with Crippen LogP contribution < -0.4 is 11.5 Å². The lowest BCUT2D eigenvalue weighted by molar-refractivity contribution is -0.128. The van der Waals surface area contributed by atoms with Crippen molar-refractivity contribution in [2.24, 2.45) is 0 Å². The normalized spacial score (nSPS) is 15.5. The molecule has 4 aromatic rings. The lowest BCUT2D eigenvalue weighted by Crippen LogP contribution is -2.31. The average Bonchev–Trinajstić information content (AvgIpc) is 3.47. The number of nitrogens with zero attached hydrogens (tertiary/aromatic N) is 3. The average molecular weight is 572 g/mol. The predicted molar refractivity (Wildman–Crippen MR) is 136 cm³/mol. The van der Waals surface area contributed by atoms with E-state index in [-0.39, 0.29) is 42.4 Å². The van der Waals surface area contributed by atoms with E-state index >= 15 is 0 Å². The number of halogens is 4. The number of hydrogen-bond acceptors (Lipinski definition) is 5. The zero-order valence-corrected chi connectivity index (χ0v) is 20.9. The molecule has 0 spiro atoms. The van der Waals surface area contributed by atoms with Crippen molar-refractivity contribution in [2.45, 2.75) is 12.6 Å². The molecule has 1 fully saturated rings. The van der Waals surface area contributed by atoms with Crippen LogP contribution in [0.5, 0.6) is 0 Å². The molecular weight excluding hydrogens is 551 g/mol. The van der Waals surface area contributed by atoms with Gasteiger partial charge in [-0.15, -0.1) is 0 Å². The van der Waals surface area contributed by atoms with Gasteiger partial charge in [0.05, 0.1) is 17.1 Å². The molecule has 1 aromatic heterocycles. The molecule has 0 saturated carbocycles. The molecule has 190 valence electrons. The lowest BCUT2D eigenvalue weighted by atomic mass is 10.1. The second-order valence-electron chi connectivity index (χ2n) is 8.52. The Kier molecular flexibility index (Phi) is 6.65. The molecule has 3 aromatic carbocycles. The van der Waals surface area contributed by atoms with Gasteiger partial charge in [0.1, 0.15) is 23.9 Å². The number of amides is 1. The van der Waals surface area contributed by atoms with Crippen LogP contribution in [0.25, 0.3) is 16.9 Å². The molecule has 4 N–H and O–H groups in total. The summed E-state index contributed by atoms with van der Waals surface area (Å²) in [4.78, 5) is 14.2. The molecule has 0 aliphatic carbocycles. The number of benzene rings is 3. The summed E-state index contributed by atoms with van der Waals surface area (Å²) in [5.74, 6) is -2.55. The van der Waals surface area contributed by atoms with Gasteiger partial charge < -0.3 is 21.1 Å². The number of carbonyl (C=O) groups is 1. The monoisotopic (exact) mass is 571 g/mol. The van der Waals surface area contributed by atoms with E-state index in [2.05, 4.69) is 15.9 Å². The van der Waals surface area contributed by atoms with E-state index < -0.39 is 23.7 Å². The Morgan fingerprint density at radius 1 is 1.05 bits per heavy atom. The molecule has 1 unspecified atom stereocenters. The molecule has 1 amide bonds. The highest BCUT2D eigenvalue weighted by Crippen LogP contribution is 2.36. The van der Waals surface area contributed by atoms with Gasteiger partial charge in [0.2, 0.25) is 0 Å². The van der Waals surface area contributed by atoms with E-state index in [1.807, 2.05) is 24.3 Å². The minimum Gasteiger partial charge on any atom is -0.397 e. The number of anilines is 2. The van der Waals surface area contributed by atoms with Crippen LogP contribution in [0.4, 0.5) is 24.5 Å². The summed E-state index contributed by atoms with van der Waals surface area (Å²) in [6.07, 6.45) is 0.690. The van der Waals surface area contributed by atoms with E-state index in [9.17, 15) is 18.0 Å². The molecule has 1 aliphatic heterocycles. The third-order valence-electron chi connectivity index (χ3n) is 6.17. The van der Waals surface area contributed by atoms with E-state index in [1.54, 1.807) is 23.0 Å². The van der Waals surface area contributed by atoms with Crippen LogP contribution in [0.3, 0.4) is 0 Å². The van der Waals surface area contributed by atoms with Gasteiger partial charge in [-0.05, 0) is 61.0 Å². The first-order valence-electron chi connectivity index (χ1n) is 11.3. The number of nitrogen functional groups attached to an aromatic ring is 2. The van der Waals surface area contributed by atoms with Crippen molar-refractivity contribution in [1.29, 1.82) is 0 Å². The number of hydrogen-bond donors (Lipinski definition) is 2. The van der Waals surface area contributed by atoms with E-state index in [0.29, 0.717) is 16.8 Å². The van der Waals surface area contributed by atoms with Crippen LogP contribution in [0.1, 0.15) is 17.4 Å². The molecule has 1 atom stereocenters. The van der Waals surface area contributed by atoms with Crippen LogP contribution in [0.15, 0.2) is 65.3 Å². The van der Waals surface area contributed by atoms with Crippen LogP contribution >= 0.6 is 15.9 Å². The Hall–Kier alpha value is -3.83. The molecule has 37 heavy (non-hydrogen) atoms. The van der Waals surface area contributed by atoms with Gasteiger partial charge in [0.25, 0.3) is 5.91 Å². The Bertz CT molecular complexity index is 1480. The first kappa shape index (κ1) is 24.8. The van der Waals surface area contributed by atoms with Crippen LogP contribution in [-0.4, -0.2) is 33.7 Å². The maximum Gasteiger partial charge on any atom is 0.250 e. The summed E-state index contributed by atoms with van der Waals surface area (Å²) >= 11 is 3.41. The summed E-state index contributed by atoms with van der Waals surface area (Å²) < 4.78 is 51.0. The molecule has 5 rings (SSSR count). The fraction of sp³-hybridized carbons (Fsp3) is 0.154. The largest absolute Gasteiger partial charge is 0.397 e. The van der Waals surface area contributed by atoms with Gasteiger partial charge in [0.15, 0.2) is 12.0 Å². The highest BCUT2D eigenvalue weighted by atomic mass is 79.9.